The van der Waals surface area contributed by atoms with Gasteiger partial charge in [-0.2, -0.15) is 0 Å². The van der Waals surface area contributed by atoms with Crippen LogP contribution in [0.1, 0.15) is 10.8 Å². The van der Waals surface area contributed by atoms with E-state index in [0.29, 0.717) is 11.7 Å². The Labute approximate surface area is 107 Å². The van der Waals surface area contributed by atoms with Crippen LogP contribution in [-0.4, -0.2) is 19.7 Å². The van der Waals surface area contributed by atoms with Crippen LogP contribution in [0.15, 0.2) is 24.3 Å². The summed E-state index contributed by atoms with van der Waals surface area (Å²) in [5, 5.41) is 9.53. The van der Waals surface area contributed by atoms with Gasteiger partial charge in [0, 0.05) is 0 Å². The zero-order valence-corrected chi connectivity index (χ0v) is 10.6. The molecule has 3 N–H and O–H groups in total. The number of hydrazine groups is 1. The minimum atomic E-state index is 0.618. The number of imidazole rings is 1. The molecule has 0 bridgehead atoms. The van der Waals surface area contributed by atoms with Crippen LogP contribution in [0.25, 0.3) is 11.0 Å². The Balaban J connectivity index is 2.01. The lowest BCUT2D eigenvalue weighted by Gasteiger charge is -2.02. The van der Waals surface area contributed by atoms with Crippen LogP contribution in [0.4, 0.5) is 5.13 Å². The monoisotopic (exact) mass is 260 g/mol. The number of benzene rings is 1. The fourth-order valence-electron chi connectivity index (χ4n) is 1.91. The molecule has 0 spiro atoms. The average Bonchev–Trinajstić information content (AvgIpc) is 2.96. The van der Waals surface area contributed by atoms with Crippen LogP contribution in [0, 0.1) is 6.92 Å². The lowest BCUT2D eigenvalue weighted by Crippen LogP contribution is -2.05. The number of para-hydroxylation sites is 2. The molecule has 2 heterocycles. The Morgan fingerprint density at radius 3 is 2.94 bits per heavy atom. The molecule has 0 amide bonds. The second-order valence-corrected chi connectivity index (χ2v) is 4.94. The van der Waals surface area contributed by atoms with E-state index in [1.54, 1.807) is 0 Å². The molecule has 1 aromatic carbocycles. The molecule has 0 saturated carbocycles. The minimum absolute atomic E-state index is 0.618. The predicted molar refractivity (Wildman–Crippen MR) is 71.3 cm³/mol. The van der Waals surface area contributed by atoms with Crippen molar-refractivity contribution < 1.29 is 0 Å². The summed E-state index contributed by atoms with van der Waals surface area (Å²) >= 11 is 1.44. The van der Waals surface area contributed by atoms with E-state index in [4.69, 9.17) is 5.84 Å². The maximum Gasteiger partial charge on any atom is 0.219 e. The number of hydrogen-bond acceptors (Lipinski definition) is 6. The van der Waals surface area contributed by atoms with E-state index in [2.05, 4.69) is 31.2 Å². The van der Waals surface area contributed by atoms with Gasteiger partial charge in [0.2, 0.25) is 5.13 Å². The maximum absolute atomic E-state index is 5.30. The summed E-state index contributed by atoms with van der Waals surface area (Å²) in [6.45, 7) is 2.65. The Kier molecular flexibility index (Phi) is 2.69. The van der Waals surface area contributed by atoms with Gasteiger partial charge in [-0.05, 0) is 19.1 Å². The molecular formula is C11H12N6S. The first kappa shape index (κ1) is 11.1. The van der Waals surface area contributed by atoms with Crippen LogP contribution < -0.4 is 11.3 Å². The number of aryl methyl sites for hydroxylation is 1. The highest BCUT2D eigenvalue weighted by Crippen LogP contribution is 2.20. The standard InChI is InChI=1S/C11H12N6S/c1-7-13-8-4-2-3-5-9(8)17(7)6-10-15-16-11(14-12)18-10/h2-5H,6,12H2,1H3,(H,14,16). The number of nitrogen functional groups attached to an aromatic ring is 1. The molecule has 0 aliphatic rings. The molecule has 18 heavy (non-hydrogen) atoms. The Morgan fingerprint density at radius 1 is 1.33 bits per heavy atom. The number of rotatable bonds is 3. The zero-order chi connectivity index (χ0) is 12.5. The van der Waals surface area contributed by atoms with Crippen molar-refractivity contribution in [3.63, 3.8) is 0 Å². The van der Waals surface area contributed by atoms with Crippen molar-refractivity contribution in [2.75, 3.05) is 5.43 Å². The smallest absolute Gasteiger partial charge is 0.219 e. The summed E-state index contributed by atoms with van der Waals surface area (Å²) in [7, 11) is 0. The zero-order valence-electron chi connectivity index (χ0n) is 9.79. The highest BCUT2D eigenvalue weighted by atomic mass is 32.1. The molecule has 92 valence electrons. The summed E-state index contributed by atoms with van der Waals surface area (Å²) < 4.78 is 2.12. The first-order valence-electron chi connectivity index (χ1n) is 5.49. The van der Waals surface area contributed by atoms with Gasteiger partial charge in [0.05, 0.1) is 17.6 Å². The van der Waals surface area contributed by atoms with Crippen LogP contribution in [0.5, 0.6) is 0 Å². The summed E-state index contributed by atoms with van der Waals surface area (Å²) in [4.78, 5) is 4.52. The number of aromatic nitrogens is 4. The van der Waals surface area contributed by atoms with Gasteiger partial charge in [0.15, 0.2) is 0 Å². The Morgan fingerprint density at radius 2 is 2.17 bits per heavy atom. The molecule has 0 aliphatic heterocycles. The topological polar surface area (TPSA) is 81.7 Å². The first-order chi connectivity index (χ1) is 8.78. The van der Waals surface area contributed by atoms with Crippen molar-refractivity contribution in [1.29, 1.82) is 0 Å². The third-order valence-corrected chi connectivity index (χ3v) is 3.57. The van der Waals surface area contributed by atoms with Crippen molar-refractivity contribution in [3.8, 4) is 0 Å². The van der Waals surface area contributed by atoms with Crippen molar-refractivity contribution in [2.45, 2.75) is 13.5 Å². The average molecular weight is 260 g/mol. The van der Waals surface area contributed by atoms with Gasteiger partial charge in [0.1, 0.15) is 10.8 Å². The molecule has 0 atom stereocenters. The first-order valence-corrected chi connectivity index (χ1v) is 6.30. The third-order valence-electron chi connectivity index (χ3n) is 2.73. The number of hydrogen-bond donors (Lipinski definition) is 2. The van der Waals surface area contributed by atoms with E-state index in [0.717, 1.165) is 21.9 Å². The molecular weight excluding hydrogens is 248 g/mol. The van der Waals surface area contributed by atoms with Crippen molar-refractivity contribution in [3.05, 3.63) is 35.1 Å². The lowest BCUT2D eigenvalue weighted by atomic mass is 10.3. The Bertz CT molecular complexity index is 686. The van der Waals surface area contributed by atoms with Gasteiger partial charge >= 0.3 is 0 Å². The quantitative estimate of drug-likeness (QED) is 0.551. The maximum atomic E-state index is 5.30. The number of fused-ring (bicyclic) bond motifs is 1. The molecule has 3 rings (SSSR count). The Hall–Kier alpha value is -1.99. The van der Waals surface area contributed by atoms with E-state index in [-0.39, 0.29) is 0 Å². The lowest BCUT2D eigenvalue weighted by molar-refractivity contribution is 0.768. The van der Waals surface area contributed by atoms with Crippen LogP contribution in [-0.2, 0) is 6.54 Å². The molecule has 0 unspecified atom stereocenters. The molecule has 3 aromatic rings. The number of nitrogens with two attached hydrogens (primary N) is 1. The molecule has 0 fully saturated rings. The normalized spacial score (nSPS) is 11.0. The molecule has 0 radical (unpaired) electrons. The van der Waals surface area contributed by atoms with Crippen LogP contribution >= 0.6 is 11.3 Å². The molecule has 0 aliphatic carbocycles. The summed E-state index contributed by atoms with van der Waals surface area (Å²) in [5.74, 6) is 6.26. The molecule has 0 saturated heterocycles. The molecule has 2 aromatic heterocycles. The second kappa shape index (κ2) is 4.35. The van der Waals surface area contributed by atoms with Gasteiger partial charge in [-0.3, -0.25) is 5.43 Å². The SMILES string of the molecule is Cc1nc2ccccc2n1Cc1nnc(NN)s1. The van der Waals surface area contributed by atoms with Gasteiger partial charge < -0.3 is 4.57 Å². The summed E-state index contributed by atoms with van der Waals surface area (Å²) in [6, 6.07) is 8.05. The predicted octanol–water partition coefficient (Wildman–Crippen LogP) is 1.53. The minimum Gasteiger partial charge on any atom is -0.321 e. The van der Waals surface area contributed by atoms with Gasteiger partial charge in [-0.25, -0.2) is 10.8 Å². The van der Waals surface area contributed by atoms with Gasteiger partial charge in [-0.15, -0.1) is 10.2 Å². The fraction of sp³-hybridized carbons (Fsp3) is 0.182. The van der Waals surface area contributed by atoms with Crippen molar-refractivity contribution >= 4 is 27.5 Å². The van der Waals surface area contributed by atoms with E-state index < -0.39 is 0 Å². The third kappa shape index (κ3) is 1.83. The molecule has 7 heteroatoms. The van der Waals surface area contributed by atoms with Crippen LogP contribution in [0.3, 0.4) is 0 Å². The highest BCUT2D eigenvalue weighted by molar-refractivity contribution is 7.15. The summed E-state index contributed by atoms with van der Waals surface area (Å²) in [6.07, 6.45) is 0. The van der Waals surface area contributed by atoms with Gasteiger partial charge in [-0.1, -0.05) is 23.5 Å². The van der Waals surface area contributed by atoms with E-state index >= 15 is 0 Å². The van der Waals surface area contributed by atoms with E-state index in [9.17, 15) is 0 Å². The highest BCUT2D eigenvalue weighted by Gasteiger charge is 2.10. The van der Waals surface area contributed by atoms with Crippen molar-refractivity contribution in [2.24, 2.45) is 5.84 Å². The summed E-state index contributed by atoms with van der Waals surface area (Å²) in [5.41, 5.74) is 4.60. The molecule has 6 nitrogen and oxygen atoms in total. The van der Waals surface area contributed by atoms with E-state index in [1.807, 2.05) is 25.1 Å². The van der Waals surface area contributed by atoms with Gasteiger partial charge in [0.25, 0.3) is 0 Å². The second-order valence-electron chi connectivity index (χ2n) is 3.88. The van der Waals surface area contributed by atoms with Crippen molar-refractivity contribution in [1.82, 2.24) is 19.7 Å². The van der Waals surface area contributed by atoms with E-state index in [1.165, 1.54) is 11.3 Å². The largest absolute Gasteiger partial charge is 0.321 e. The van der Waals surface area contributed by atoms with Crippen LogP contribution in [0.2, 0.25) is 0 Å². The fourth-order valence-corrected chi connectivity index (χ4v) is 2.55. The number of nitrogens with one attached hydrogen (secondary N) is 1. The number of nitrogens with zero attached hydrogens (tertiary/aromatic N) is 4. The number of anilines is 1.